The van der Waals surface area contributed by atoms with E-state index in [0.717, 1.165) is 37.2 Å². The van der Waals surface area contributed by atoms with Gasteiger partial charge in [-0.05, 0) is 51.2 Å². The minimum Gasteiger partial charge on any atom is -0.490 e. The number of piperidine rings is 2. The average Bonchev–Trinajstić information content (AvgIpc) is 2.61. The predicted octanol–water partition coefficient (Wildman–Crippen LogP) is 1.93. The summed E-state index contributed by atoms with van der Waals surface area (Å²) in [6, 6.07) is 6.49. The Labute approximate surface area is 163 Å². The van der Waals surface area contributed by atoms with Gasteiger partial charge in [-0.1, -0.05) is 17.7 Å². The van der Waals surface area contributed by atoms with Crippen molar-refractivity contribution in [3.05, 3.63) is 29.3 Å². The Morgan fingerprint density at radius 3 is 2.33 bits per heavy atom. The van der Waals surface area contributed by atoms with Gasteiger partial charge in [-0.25, -0.2) is 12.7 Å². The van der Waals surface area contributed by atoms with Crippen LogP contribution >= 0.6 is 0 Å². The van der Waals surface area contributed by atoms with E-state index in [-0.39, 0.29) is 0 Å². The lowest BCUT2D eigenvalue weighted by Gasteiger charge is -2.43. The molecule has 1 N–H and O–H groups in total. The zero-order chi connectivity index (χ0) is 19.7. The third-order valence-electron chi connectivity index (χ3n) is 5.96. The molecule has 3 rings (SSSR count). The van der Waals surface area contributed by atoms with Gasteiger partial charge in [-0.2, -0.15) is 0 Å². The highest BCUT2D eigenvalue weighted by Crippen LogP contribution is 2.29. The minimum atomic E-state index is -3.08. The van der Waals surface area contributed by atoms with Gasteiger partial charge in [0.05, 0.1) is 6.26 Å². The van der Waals surface area contributed by atoms with Crippen molar-refractivity contribution in [2.75, 3.05) is 39.0 Å². The second-order valence-electron chi connectivity index (χ2n) is 8.21. The van der Waals surface area contributed by atoms with Crippen LogP contribution in [0.4, 0.5) is 0 Å². The summed E-state index contributed by atoms with van der Waals surface area (Å²) >= 11 is 0. The van der Waals surface area contributed by atoms with Crippen molar-refractivity contribution in [1.82, 2.24) is 9.21 Å². The van der Waals surface area contributed by atoms with Gasteiger partial charge in [-0.3, -0.25) is 0 Å². The summed E-state index contributed by atoms with van der Waals surface area (Å²) in [4.78, 5) is 2.41. The topological polar surface area (TPSA) is 70.1 Å². The summed E-state index contributed by atoms with van der Waals surface area (Å²) in [6.07, 6.45) is 4.38. The van der Waals surface area contributed by atoms with E-state index in [1.165, 1.54) is 11.8 Å². The molecule has 2 heterocycles. The third-order valence-corrected chi connectivity index (χ3v) is 7.27. The molecule has 1 aromatic rings. The quantitative estimate of drug-likeness (QED) is 0.824. The molecule has 27 heavy (non-hydrogen) atoms. The molecule has 0 bridgehead atoms. The van der Waals surface area contributed by atoms with Gasteiger partial charge in [-0.15, -0.1) is 0 Å². The van der Waals surface area contributed by atoms with E-state index >= 15 is 0 Å². The van der Waals surface area contributed by atoms with E-state index in [1.807, 2.05) is 19.1 Å². The average molecular weight is 397 g/mol. The maximum atomic E-state index is 11.7. The predicted molar refractivity (Wildman–Crippen MR) is 107 cm³/mol. The molecule has 2 aliphatic heterocycles. The number of rotatable bonds is 5. The van der Waals surface area contributed by atoms with Gasteiger partial charge in [0.1, 0.15) is 18.0 Å². The van der Waals surface area contributed by atoms with Crippen LogP contribution in [-0.4, -0.2) is 73.4 Å². The van der Waals surface area contributed by atoms with Crippen molar-refractivity contribution >= 4 is 10.0 Å². The number of hydrogen-bond acceptors (Lipinski definition) is 5. The zero-order valence-electron chi connectivity index (χ0n) is 16.6. The van der Waals surface area contributed by atoms with E-state index in [2.05, 4.69) is 17.9 Å². The maximum Gasteiger partial charge on any atom is 0.211 e. The van der Waals surface area contributed by atoms with Crippen LogP contribution in [0.5, 0.6) is 5.75 Å². The van der Waals surface area contributed by atoms with E-state index in [4.69, 9.17) is 4.74 Å². The van der Waals surface area contributed by atoms with E-state index in [1.54, 1.807) is 4.31 Å². The molecule has 0 spiro atoms. The fourth-order valence-corrected chi connectivity index (χ4v) is 5.04. The Kier molecular flexibility index (Phi) is 6.15. The number of ether oxygens (including phenoxy) is 1. The summed E-state index contributed by atoms with van der Waals surface area (Å²) < 4.78 is 30.8. The molecule has 0 amide bonds. The number of aliphatic hydroxyl groups is 1. The highest BCUT2D eigenvalue weighted by atomic mass is 32.2. The zero-order valence-corrected chi connectivity index (χ0v) is 17.5. The van der Waals surface area contributed by atoms with Gasteiger partial charge >= 0.3 is 0 Å². The molecule has 2 fully saturated rings. The first-order chi connectivity index (χ1) is 12.7. The molecule has 0 atom stereocenters. The highest BCUT2D eigenvalue weighted by molar-refractivity contribution is 7.88. The van der Waals surface area contributed by atoms with Crippen LogP contribution in [0.1, 0.15) is 36.8 Å². The lowest BCUT2D eigenvalue weighted by molar-refractivity contribution is -0.0624. The molecule has 0 aliphatic carbocycles. The number of aryl methyl sites for hydroxylation is 2. The lowest BCUT2D eigenvalue weighted by Crippen LogP contribution is -2.53. The monoisotopic (exact) mass is 396 g/mol. The van der Waals surface area contributed by atoms with Crippen LogP contribution in [0, 0.1) is 13.8 Å². The van der Waals surface area contributed by atoms with Crippen LogP contribution in [-0.2, 0) is 10.0 Å². The van der Waals surface area contributed by atoms with Gasteiger partial charge in [0.15, 0.2) is 0 Å². The summed E-state index contributed by atoms with van der Waals surface area (Å²) in [5, 5.41) is 10.9. The third kappa shape index (κ3) is 5.22. The Hall–Kier alpha value is -1.15. The summed E-state index contributed by atoms with van der Waals surface area (Å²) in [6.45, 7) is 7.25. The molecule has 7 heteroatoms. The molecule has 2 saturated heterocycles. The largest absolute Gasteiger partial charge is 0.490 e. The van der Waals surface area contributed by atoms with Crippen LogP contribution < -0.4 is 4.74 Å². The molecular weight excluding hydrogens is 364 g/mol. The molecule has 6 nitrogen and oxygen atoms in total. The lowest BCUT2D eigenvalue weighted by atomic mass is 9.90. The van der Waals surface area contributed by atoms with Gasteiger partial charge in [0.2, 0.25) is 10.0 Å². The molecule has 152 valence electrons. The Balaban J connectivity index is 1.48. The SMILES string of the molecule is Cc1ccc(OCC2(O)CCN(C3CCN(S(C)(=O)=O)CC3)CC2)c(C)c1. The van der Waals surface area contributed by atoms with E-state index in [9.17, 15) is 13.5 Å². The summed E-state index contributed by atoms with van der Waals surface area (Å²) in [5.41, 5.74) is 1.50. The van der Waals surface area contributed by atoms with Crippen LogP contribution in [0.25, 0.3) is 0 Å². The first-order valence-electron chi connectivity index (χ1n) is 9.78. The first-order valence-corrected chi connectivity index (χ1v) is 11.6. The fraction of sp³-hybridized carbons (Fsp3) is 0.700. The van der Waals surface area contributed by atoms with Gasteiger partial charge in [0.25, 0.3) is 0 Å². The number of likely N-dealkylation sites (tertiary alicyclic amines) is 1. The molecule has 2 aliphatic rings. The molecule has 0 aromatic heterocycles. The number of sulfonamides is 1. The van der Waals surface area contributed by atoms with Crippen molar-refractivity contribution in [3.63, 3.8) is 0 Å². The van der Waals surface area contributed by atoms with Gasteiger partial charge in [0, 0.05) is 32.2 Å². The molecule has 0 unspecified atom stereocenters. The number of benzene rings is 1. The van der Waals surface area contributed by atoms with Crippen LogP contribution in [0.2, 0.25) is 0 Å². The van der Waals surface area contributed by atoms with Crippen molar-refractivity contribution in [2.24, 2.45) is 0 Å². The molecule has 0 radical (unpaired) electrons. The standard InChI is InChI=1S/C20H32N2O4S/c1-16-4-5-19(17(2)14-16)26-15-20(23)8-12-21(13-9-20)18-6-10-22(11-7-18)27(3,24)25/h4-5,14,18,23H,6-13,15H2,1-3H3. The van der Waals surface area contributed by atoms with Crippen LogP contribution in [0.3, 0.4) is 0 Å². The van der Waals surface area contributed by atoms with Gasteiger partial charge < -0.3 is 14.7 Å². The highest BCUT2D eigenvalue weighted by Gasteiger charge is 2.37. The maximum absolute atomic E-state index is 11.7. The normalized spacial score (nSPS) is 22.7. The summed E-state index contributed by atoms with van der Waals surface area (Å²) in [7, 11) is -3.08. The molecular formula is C20H32N2O4S. The van der Waals surface area contributed by atoms with Crippen LogP contribution in [0.15, 0.2) is 18.2 Å². The fourth-order valence-electron chi connectivity index (χ4n) is 4.16. The van der Waals surface area contributed by atoms with Crippen molar-refractivity contribution in [2.45, 2.75) is 51.2 Å². The second-order valence-corrected chi connectivity index (χ2v) is 10.2. The molecule has 0 saturated carbocycles. The van der Waals surface area contributed by atoms with Crippen molar-refractivity contribution < 1.29 is 18.3 Å². The number of hydrogen-bond donors (Lipinski definition) is 1. The first kappa shape index (κ1) is 20.6. The molecule has 1 aromatic carbocycles. The summed E-state index contributed by atoms with van der Waals surface area (Å²) in [5.74, 6) is 0.838. The minimum absolute atomic E-state index is 0.317. The van der Waals surface area contributed by atoms with E-state index < -0.39 is 15.6 Å². The Morgan fingerprint density at radius 2 is 1.78 bits per heavy atom. The number of nitrogens with zero attached hydrogens (tertiary/aromatic N) is 2. The second kappa shape index (κ2) is 8.07. The smallest absolute Gasteiger partial charge is 0.211 e. The van der Waals surface area contributed by atoms with Crippen molar-refractivity contribution in [1.29, 1.82) is 0 Å². The van der Waals surface area contributed by atoms with Crippen molar-refractivity contribution in [3.8, 4) is 5.75 Å². The Bertz CT molecular complexity index is 749. The van der Waals surface area contributed by atoms with E-state index in [0.29, 0.717) is 38.6 Å². The Morgan fingerprint density at radius 1 is 1.15 bits per heavy atom.